The summed E-state index contributed by atoms with van der Waals surface area (Å²) in [4.78, 5) is 24.9. The van der Waals surface area contributed by atoms with E-state index in [-0.39, 0.29) is 5.56 Å². The Morgan fingerprint density at radius 3 is 2.72 bits per heavy atom. The van der Waals surface area contributed by atoms with Gasteiger partial charge in [0, 0.05) is 11.1 Å². The fourth-order valence-electron chi connectivity index (χ4n) is 2.50. The Kier molecular flexibility index (Phi) is 6.08. The SMILES string of the molecule is COc1cc(Cl)c(C)cc1NC(=O)C(C)OC(=O)c1cccc(-n2cnnn2)c1. The molecule has 0 fully saturated rings. The van der Waals surface area contributed by atoms with Gasteiger partial charge in [-0.25, -0.2) is 9.48 Å². The highest BCUT2D eigenvalue weighted by Gasteiger charge is 2.21. The van der Waals surface area contributed by atoms with E-state index in [2.05, 4.69) is 20.8 Å². The van der Waals surface area contributed by atoms with Crippen LogP contribution in [0.25, 0.3) is 5.69 Å². The zero-order chi connectivity index (χ0) is 21.0. The quantitative estimate of drug-likeness (QED) is 0.616. The summed E-state index contributed by atoms with van der Waals surface area (Å²) in [7, 11) is 1.47. The third-order valence-corrected chi connectivity index (χ3v) is 4.49. The number of esters is 1. The Morgan fingerprint density at radius 2 is 2.03 bits per heavy atom. The number of tetrazole rings is 1. The average Bonchev–Trinajstić information content (AvgIpc) is 3.25. The Hall–Kier alpha value is -3.46. The molecule has 0 saturated heterocycles. The van der Waals surface area contributed by atoms with Crippen LogP contribution in [0.3, 0.4) is 0 Å². The molecule has 1 atom stereocenters. The minimum Gasteiger partial charge on any atom is -0.495 e. The van der Waals surface area contributed by atoms with Gasteiger partial charge in [0.25, 0.3) is 5.91 Å². The van der Waals surface area contributed by atoms with Crippen molar-refractivity contribution in [1.29, 1.82) is 0 Å². The van der Waals surface area contributed by atoms with Gasteiger partial charge in [0.15, 0.2) is 6.10 Å². The number of hydrogen-bond donors (Lipinski definition) is 1. The molecule has 3 aromatic rings. The van der Waals surface area contributed by atoms with E-state index < -0.39 is 18.0 Å². The molecule has 0 aliphatic heterocycles. The molecule has 1 unspecified atom stereocenters. The number of carbonyl (C=O) groups excluding carboxylic acids is 2. The molecule has 29 heavy (non-hydrogen) atoms. The van der Waals surface area contributed by atoms with Gasteiger partial charge in [0.05, 0.1) is 24.0 Å². The number of amides is 1. The zero-order valence-electron chi connectivity index (χ0n) is 15.9. The number of carbonyl (C=O) groups is 2. The summed E-state index contributed by atoms with van der Waals surface area (Å²) in [6.07, 6.45) is 0.363. The number of aryl methyl sites for hydroxylation is 1. The smallest absolute Gasteiger partial charge is 0.338 e. The first-order valence-electron chi connectivity index (χ1n) is 8.58. The highest BCUT2D eigenvalue weighted by atomic mass is 35.5. The first-order chi connectivity index (χ1) is 13.9. The van der Waals surface area contributed by atoms with E-state index in [0.717, 1.165) is 5.56 Å². The van der Waals surface area contributed by atoms with E-state index in [1.807, 2.05) is 0 Å². The van der Waals surface area contributed by atoms with Crippen LogP contribution in [0.4, 0.5) is 5.69 Å². The molecule has 10 heteroatoms. The fraction of sp³-hybridized carbons (Fsp3) is 0.211. The van der Waals surface area contributed by atoms with Crippen molar-refractivity contribution in [3.8, 4) is 11.4 Å². The molecule has 1 N–H and O–H groups in total. The van der Waals surface area contributed by atoms with Crippen molar-refractivity contribution in [3.05, 3.63) is 58.9 Å². The molecular weight excluding hydrogens is 398 g/mol. The second kappa shape index (κ2) is 8.70. The highest BCUT2D eigenvalue weighted by Crippen LogP contribution is 2.31. The number of halogens is 1. The van der Waals surface area contributed by atoms with Gasteiger partial charge in [-0.1, -0.05) is 17.7 Å². The molecule has 1 heterocycles. The Bertz CT molecular complexity index is 1040. The first kappa shape index (κ1) is 20.3. The minimum atomic E-state index is -1.04. The summed E-state index contributed by atoms with van der Waals surface area (Å²) in [5.41, 5.74) is 2.05. The van der Waals surface area contributed by atoms with Crippen LogP contribution in [0.15, 0.2) is 42.7 Å². The molecule has 0 spiro atoms. The van der Waals surface area contributed by atoms with Crippen LogP contribution in [0.1, 0.15) is 22.8 Å². The lowest BCUT2D eigenvalue weighted by atomic mass is 10.2. The summed E-state index contributed by atoms with van der Waals surface area (Å²) in [5.74, 6) is -0.751. The van der Waals surface area contributed by atoms with Crippen molar-refractivity contribution in [1.82, 2.24) is 20.2 Å². The van der Waals surface area contributed by atoms with Crippen molar-refractivity contribution in [2.45, 2.75) is 20.0 Å². The molecule has 0 bridgehead atoms. The lowest BCUT2D eigenvalue weighted by Gasteiger charge is -2.16. The summed E-state index contributed by atoms with van der Waals surface area (Å²) in [5, 5.41) is 14.1. The Morgan fingerprint density at radius 1 is 1.24 bits per heavy atom. The lowest BCUT2D eigenvalue weighted by Crippen LogP contribution is -2.30. The number of nitrogens with one attached hydrogen (secondary N) is 1. The number of anilines is 1. The van der Waals surface area contributed by atoms with Gasteiger partial charge in [-0.05, 0) is 54.1 Å². The zero-order valence-corrected chi connectivity index (χ0v) is 16.7. The molecule has 1 aromatic heterocycles. The van der Waals surface area contributed by atoms with Crippen LogP contribution in [0.2, 0.25) is 5.02 Å². The monoisotopic (exact) mass is 415 g/mol. The first-order valence-corrected chi connectivity index (χ1v) is 8.96. The van der Waals surface area contributed by atoms with E-state index in [9.17, 15) is 9.59 Å². The van der Waals surface area contributed by atoms with Crippen molar-refractivity contribution in [2.24, 2.45) is 0 Å². The van der Waals surface area contributed by atoms with Gasteiger partial charge in [-0.3, -0.25) is 4.79 Å². The molecule has 0 radical (unpaired) electrons. The Labute approximate surface area is 171 Å². The third kappa shape index (κ3) is 4.69. The highest BCUT2D eigenvalue weighted by molar-refractivity contribution is 6.31. The van der Waals surface area contributed by atoms with E-state index in [4.69, 9.17) is 21.1 Å². The topological polar surface area (TPSA) is 108 Å². The Balaban J connectivity index is 1.69. The van der Waals surface area contributed by atoms with Gasteiger partial charge in [0.1, 0.15) is 12.1 Å². The molecule has 2 aromatic carbocycles. The maximum Gasteiger partial charge on any atom is 0.338 e. The van der Waals surface area contributed by atoms with Crippen LogP contribution in [-0.2, 0) is 9.53 Å². The van der Waals surface area contributed by atoms with E-state index in [0.29, 0.717) is 22.1 Å². The number of benzene rings is 2. The standard InChI is InChI=1S/C19H18ClN5O4/c1-11-7-16(17(28-3)9-15(11)20)22-18(26)12(2)29-19(27)13-5-4-6-14(8-13)25-10-21-23-24-25/h4-10,12H,1-3H3,(H,22,26). The molecule has 0 aliphatic rings. The number of hydrogen-bond acceptors (Lipinski definition) is 7. The van der Waals surface area contributed by atoms with Crippen molar-refractivity contribution in [3.63, 3.8) is 0 Å². The van der Waals surface area contributed by atoms with Crippen LogP contribution >= 0.6 is 11.6 Å². The molecular formula is C19H18ClN5O4. The summed E-state index contributed by atoms with van der Waals surface area (Å²) in [6.45, 7) is 3.28. The minimum absolute atomic E-state index is 0.262. The fourth-order valence-corrected chi connectivity index (χ4v) is 2.65. The van der Waals surface area contributed by atoms with E-state index in [1.54, 1.807) is 43.3 Å². The third-order valence-electron chi connectivity index (χ3n) is 4.09. The molecule has 9 nitrogen and oxygen atoms in total. The number of ether oxygens (including phenoxy) is 2. The largest absolute Gasteiger partial charge is 0.495 e. The van der Waals surface area contributed by atoms with Gasteiger partial charge in [0.2, 0.25) is 0 Å². The predicted octanol–water partition coefficient (Wildman–Crippen LogP) is 2.82. The van der Waals surface area contributed by atoms with Gasteiger partial charge in [-0.15, -0.1) is 5.10 Å². The number of nitrogens with zero attached hydrogens (tertiary/aromatic N) is 4. The molecule has 150 valence electrons. The maximum atomic E-state index is 12.5. The molecule has 1 amide bonds. The van der Waals surface area contributed by atoms with Gasteiger partial charge >= 0.3 is 5.97 Å². The summed E-state index contributed by atoms with van der Waals surface area (Å²) in [6, 6.07) is 9.83. The maximum absolute atomic E-state index is 12.5. The van der Waals surface area contributed by atoms with Crippen molar-refractivity contribution < 1.29 is 19.1 Å². The number of methoxy groups -OCH3 is 1. The summed E-state index contributed by atoms with van der Waals surface area (Å²) < 4.78 is 11.9. The van der Waals surface area contributed by atoms with Gasteiger partial charge in [-0.2, -0.15) is 0 Å². The van der Waals surface area contributed by atoms with E-state index in [1.165, 1.54) is 25.0 Å². The molecule has 0 saturated carbocycles. The molecule has 0 aliphatic carbocycles. The van der Waals surface area contributed by atoms with Gasteiger partial charge < -0.3 is 14.8 Å². The van der Waals surface area contributed by atoms with Crippen LogP contribution < -0.4 is 10.1 Å². The average molecular weight is 416 g/mol. The normalized spacial score (nSPS) is 11.6. The van der Waals surface area contributed by atoms with Crippen LogP contribution in [0, 0.1) is 6.92 Å². The van der Waals surface area contributed by atoms with Crippen molar-refractivity contribution >= 4 is 29.2 Å². The molecule has 3 rings (SSSR count). The second-order valence-electron chi connectivity index (χ2n) is 6.14. The number of rotatable bonds is 6. The lowest BCUT2D eigenvalue weighted by molar-refractivity contribution is -0.123. The van der Waals surface area contributed by atoms with Crippen LogP contribution in [0.5, 0.6) is 5.75 Å². The number of aromatic nitrogens is 4. The summed E-state index contributed by atoms with van der Waals surface area (Å²) >= 11 is 6.07. The second-order valence-corrected chi connectivity index (χ2v) is 6.55. The van der Waals surface area contributed by atoms with E-state index >= 15 is 0 Å². The van der Waals surface area contributed by atoms with Crippen LogP contribution in [-0.4, -0.2) is 45.3 Å². The predicted molar refractivity (Wildman–Crippen MR) is 105 cm³/mol. The van der Waals surface area contributed by atoms with Crippen molar-refractivity contribution in [2.75, 3.05) is 12.4 Å².